The lowest BCUT2D eigenvalue weighted by atomic mass is 10.2. The van der Waals surface area contributed by atoms with Crippen molar-refractivity contribution in [2.24, 2.45) is 5.14 Å². The molecule has 0 saturated heterocycles. The lowest BCUT2D eigenvalue weighted by Gasteiger charge is -2.12. The van der Waals surface area contributed by atoms with Gasteiger partial charge in [-0.2, -0.15) is 13.2 Å². The minimum atomic E-state index is -5.57. The van der Waals surface area contributed by atoms with Gasteiger partial charge in [0.1, 0.15) is 5.56 Å². The van der Waals surface area contributed by atoms with E-state index in [2.05, 4.69) is 14.9 Å². The summed E-state index contributed by atoms with van der Waals surface area (Å²) >= 11 is 0. The normalized spacial score (nSPS) is 13.0. The first-order chi connectivity index (χ1) is 9.63. The molecular weight excluding hydrogens is 352 g/mol. The van der Waals surface area contributed by atoms with E-state index in [1.807, 2.05) is 0 Å². The summed E-state index contributed by atoms with van der Waals surface area (Å²) in [5, 5.41) is 13.0. The van der Waals surface area contributed by atoms with Crippen molar-refractivity contribution in [1.29, 1.82) is 0 Å². The highest BCUT2D eigenvalue weighted by atomic mass is 32.2. The third kappa shape index (κ3) is 4.17. The molecule has 22 heavy (non-hydrogen) atoms. The Morgan fingerprint density at radius 2 is 1.73 bits per heavy atom. The number of alkyl halides is 6. The van der Waals surface area contributed by atoms with E-state index >= 15 is 0 Å². The molecule has 0 aromatic carbocycles. The molecule has 8 nitrogen and oxygen atoms in total. The Morgan fingerprint density at radius 3 is 2.05 bits per heavy atom. The lowest BCUT2D eigenvalue weighted by molar-refractivity contribution is -0.393. The first-order valence-corrected chi connectivity index (χ1v) is 6.22. The summed E-state index contributed by atoms with van der Waals surface area (Å²) in [4.78, 5) is 11.3. The number of ether oxygens (including phenoxy) is 1. The summed E-state index contributed by atoms with van der Waals surface area (Å²) in [6.45, 7) is 0. The predicted molar refractivity (Wildman–Crippen MR) is 53.9 cm³/mol. The second-order valence-electron chi connectivity index (χ2n) is 3.51. The first-order valence-electron chi connectivity index (χ1n) is 4.68. The average Bonchev–Trinajstić information content (AvgIpc) is 2.22. The van der Waals surface area contributed by atoms with Gasteiger partial charge in [-0.05, 0) is 9.91 Å². The summed E-state index contributed by atoms with van der Waals surface area (Å²) in [5.74, 6) is -3.83. The molecule has 0 aliphatic carbocycles. The number of hydrogen-bond donors (Lipinski definition) is 1. The molecule has 0 radical (unpaired) electrons. The van der Waals surface area contributed by atoms with Crippen LogP contribution in [0.5, 0.6) is 5.75 Å². The maximum absolute atomic E-state index is 12.7. The van der Waals surface area contributed by atoms with Crippen molar-refractivity contribution in [1.82, 2.24) is 4.98 Å². The molecule has 2 N–H and O–H groups in total. The fourth-order valence-electron chi connectivity index (χ4n) is 1.22. The van der Waals surface area contributed by atoms with Gasteiger partial charge in [0.15, 0.2) is 0 Å². The zero-order valence-corrected chi connectivity index (χ0v) is 10.6. The summed E-state index contributed by atoms with van der Waals surface area (Å²) in [7, 11) is -5.21. The average molecular weight is 355 g/mol. The molecule has 0 unspecified atom stereocenters. The summed E-state index contributed by atoms with van der Waals surface area (Å²) < 4.78 is 99.2. The highest BCUT2D eigenvalue weighted by Crippen LogP contribution is 2.40. The van der Waals surface area contributed by atoms with Crippen molar-refractivity contribution in [2.75, 3.05) is 0 Å². The van der Waals surface area contributed by atoms with Crippen molar-refractivity contribution < 1.29 is 44.4 Å². The van der Waals surface area contributed by atoms with E-state index in [0.29, 0.717) is 0 Å². The van der Waals surface area contributed by atoms with Gasteiger partial charge < -0.3 is 14.9 Å². The van der Waals surface area contributed by atoms with Crippen LogP contribution in [0.2, 0.25) is 0 Å². The molecule has 0 bridgehead atoms. The maximum atomic E-state index is 12.7. The van der Waals surface area contributed by atoms with E-state index in [1.165, 1.54) is 0 Å². The standard InChI is InChI=1S/C7H3F6N3O5S/c8-6(9,10)2-1-3(21-7(11,12)13)4(16(17)18)15-5(2)22(14,19)20/h1H,(H2,14,19,20). The van der Waals surface area contributed by atoms with Gasteiger partial charge in [0, 0.05) is 6.07 Å². The van der Waals surface area contributed by atoms with Crippen LogP contribution in [0.25, 0.3) is 0 Å². The molecule has 1 heterocycles. The Hall–Kier alpha value is -2.16. The molecule has 0 saturated carbocycles. The highest BCUT2D eigenvalue weighted by Gasteiger charge is 2.45. The van der Waals surface area contributed by atoms with E-state index in [-0.39, 0.29) is 0 Å². The van der Waals surface area contributed by atoms with Crippen molar-refractivity contribution in [3.63, 3.8) is 0 Å². The van der Waals surface area contributed by atoms with Crippen LogP contribution in [0.15, 0.2) is 11.1 Å². The van der Waals surface area contributed by atoms with Crippen molar-refractivity contribution in [3.05, 3.63) is 21.7 Å². The summed E-state index contributed by atoms with van der Waals surface area (Å²) in [6, 6.07) is -0.516. The molecule has 1 rings (SSSR count). The van der Waals surface area contributed by atoms with Gasteiger partial charge in [0.05, 0.1) is 0 Å². The second kappa shape index (κ2) is 5.24. The SMILES string of the molecule is NS(=O)(=O)c1nc([N+](=O)[O-])c(OC(F)(F)F)cc1C(F)(F)F. The topological polar surface area (TPSA) is 125 Å². The van der Waals surface area contributed by atoms with Gasteiger partial charge in [-0.3, -0.25) is 0 Å². The van der Waals surface area contributed by atoms with E-state index in [0.717, 1.165) is 0 Å². The van der Waals surface area contributed by atoms with Crippen LogP contribution in [0.1, 0.15) is 5.56 Å². The van der Waals surface area contributed by atoms with Crippen LogP contribution >= 0.6 is 0 Å². The largest absolute Gasteiger partial charge is 0.573 e. The van der Waals surface area contributed by atoms with Crippen molar-refractivity contribution in [2.45, 2.75) is 17.6 Å². The number of pyridine rings is 1. The molecule has 0 aliphatic heterocycles. The van der Waals surface area contributed by atoms with Crippen LogP contribution in [-0.2, 0) is 16.2 Å². The van der Waals surface area contributed by atoms with Gasteiger partial charge in [0.25, 0.3) is 15.0 Å². The van der Waals surface area contributed by atoms with E-state index < -0.39 is 55.7 Å². The number of rotatable bonds is 3. The Labute approximate surface area is 116 Å². The molecule has 0 amide bonds. The monoisotopic (exact) mass is 355 g/mol. The summed E-state index contributed by atoms with van der Waals surface area (Å²) in [6.07, 6.45) is -11.1. The van der Waals surface area contributed by atoms with Crippen LogP contribution in [-0.4, -0.2) is 24.7 Å². The predicted octanol–water partition coefficient (Wildman–Crippen LogP) is 1.55. The van der Waals surface area contributed by atoms with Crippen LogP contribution in [0, 0.1) is 10.1 Å². The van der Waals surface area contributed by atoms with Crippen molar-refractivity contribution >= 4 is 15.8 Å². The first kappa shape index (κ1) is 17.9. The van der Waals surface area contributed by atoms with E-state index in [4.69, 9.17) is 0 Å². The van der Waals surface area contributed by atoms with Gasteiger partial charge in [-0.15, -0.1) is 13.2 Å². The number of nitrogens with zero attached hydrogens (tertiary/aromatic N) is 2. The minimum Gasteiger partial charge on any atom is -0.397 e. The Kier molecular flexibility index (Phi) is 4.26. The molecule has 1 aromatic rings. The third-order valence-corrected chi connectivity index (χ3v) is 2.76. The number of primary sulfonamides is 1. The quantitative estimate of drug-likeness (QED) is 0.498. The molecular formula is C7H3F6N3O5S. The highest BCUT2D eigenvalue weighted by molar-refractivity contribution is 7.89. The van der Waals surface area contributed by atoms with E-state index in [1.54, 1.807) is 0 Å². The molecule has 0 fully saturated rings. The Morgan fingerprint density at radius 1 is 1.23 bits per heavy atom. The molecule has 0 atom stereocenters. The number of nitro groups is 1. The van der Waals surface area contributed by atoms with Gasteiger partial charge in [-0.25, -0.2) is 13.6 Å². The molecule has 0 aliphatic rings. The minimum absolute atomic E-state index is 0.516. The fourth-order valence-corrected chi connectivity index (χ4v) is 1.91. The number of nitrogens with two attached hydrogens (primary N) is 1. The van der Waals surface area contributed by atoms with Gasteiger partial charge in [0.2, 0.25) is 5.75 Å². The van der Waals surface area contributed by atoms with Crippen molar-refractivity contribution in [3.8, 4) is 5.75 Å². The zero-order valence-electron chi connectivity index (χ0n) is 9.77. The molecule has 15 heteroatoms. The number of hydrogen-bond acceptors (Lipinski definition) is 6. The van der Waals surface area contributed by atoms with Crippen LogP contribution in [0.4, 0.5) is 32.2 Å². The van der Waals surface area contributed by atoms with Crippen LogP contribution < -0.4 is 9.88 Å². The molecule has 1 aromatic heterocycles. The second-order valence-corrected chi connectivity index (χ2v) is 4.99. The molecule has 124 valence electrons. The third-order valence-electron chi connectivity index (χ3n) is 1.91. The number of halogens is 6. The fraction of sp³-hybridized carbons (Fsp3) is 0.286. The molecule has 0 spiro atoms. The van der Waals surface area contributed by atoms with E-state index in [9.17, 15) is 44.9 Å². The number of sulfonamides is 1. The Balaban J connectivity index is 3.77. The Bertz CT molecular complexity index is 713. The lowest BCUT2D eigenvalue weighted by Crippen LogP contribution is -2.23. The van der Waals surface area contributed by atoms with Gasteiger partial charge >= 0.3 is 18.4 Å². The maximum Gasteiger partial charge on any atom is 0.573 e. The smallest absolute Gasteiger partial charge is 0.397 e. The number of aromatic nitrogens is 1. The van der Waals surface area contributed by atoms with Crippen LogP contribution in [0.3, 0.4) is 0 Å². The zero-order chi connectivity index (χ0) is 17.5. The summed E-state index contributed by atoms with van der Waals surface area (Å²) in [5.41, 5.74) is -2.24. The van der Waals surface area contributed by atoms with Gasteiger partial charge in [-0.1, -0.05) is 0 Å².